The molecule has 0 unspecified atom stereocenters. The Labute approximate surface area is 134 Å². The highest BCUT2D eigenvalue weighted by Gasteiger charge is 2.09. The summed E-state index contributed by atoms with van der Waals surface area (Å²) in [4.78, 5) is 7.81. The van der Waals surface area contributed by atoms with Crippen LogP contribution in [0.15, 0.2) is 73.1 Å². The maximum atomic E-state index is 5.33. The highest BCUT2D eigenvalue weighted by Crippen LogP contribution is 2.32. The largest absolute Gasteiger partial charge is 0.497 e. The number of hydrogen-bond donors (Lipinski definition) is 1. The summed E-state index contributed by atoms with van der Waals surface area (Å²) in [5.41, 5.74) is 5.41. The van der Waals surface area contributed by atoms with Crippen molar-refractivity contribution in [1.29, 1.82) is 0 Å². The number of aromatic amines is 1. The van der Waals surface area contributed by atoms with E-state index in [9.17, 15) is 0 Å². The molecule has 4 aromatic rings. The number of hydrogen-bond acceptors (Lipinski definition) is 2. The Morgan fingerprint density at radius 3 is 2.52 bits per heavy atom. The first-order valence-corrected chi connectivity index (χ1v) is 7.52. The van der Waals surface area contributed by atoms with Crippen molar-refractivity contribution < 1.29 is 4.74 Å². The first-order chi connectivity index (χ1) is 11.3. The Hall–Kier alpha value is -3.07. The number of nitrogens with one attached hydrogen (secondary N) is 1. The van der Waals surface area contributed by atoms with Crippen LogP contribution < -0.4 is 4.74 Å². The third-order valence-electron chi connectivity index (χ3n) is 4.02. The fourth-order valence-corrected chi connectivity index (χ4v) is 2.82. The van der Waals surface area contributed by atoms with Crippen LogP contribution in [-0.4, -0.2) is 17.1 Å². The second kappa shape index (κ2) is 5.61. The third kappa shape index (κ3) is 2.46. The van der Waals surface area contributed by atoms with Crippen molar-refractivity contribution in [2.75, 3.05) is 7.11 Å². The number of pyridine rings is 1. The zero-order chi connectivity index (χ0) is 15.6. The summed E-state index contributed by atoms with van der Waals surface area (Å²) in [6.45, 7) is 0. The molecule has 3 nitrogen and oxygen atoms in total. The highest BCUT2D eigenvalue weighted by molar-refractivity contribution is 5.95. The summed E-state index contributed by atoms with van der Waals surface area (Å²) in [6, 6.07) is 20.6. The van der Waals surface area contributed by atoms with Crippen molar-refractivity contribution in [2.45, 2.75) is 0 Å². The van der Waals surface area contributed by atoms with Gasteiger partial charge in [-0.3, -0.25) is 0 Å². The van der Waals surface area contributed by atoms with Gasteiger partial charge >= 0.3 is 0 Å². The van der Waals surface area contributed by atoms with Crippen molar-refractivity contribution in [3.63, 3.8) is 0 Å². The monoisotopic (exact) mass is 300 g/mol. The molecule has 4 rings (SSSR count). The standard InChI is InChI=1S/C20H16N2O/c1-23-17-9-5-8-15(10-17)19-13-22-20-18(19)11-16(12-21-20)14-6-3-2-4-7-14/h2-13H,1H3,(H,21,22). The van der Waals surface area contributed by atoms with E-state index in [-0.39, 0.29) is 0 Å². The summed E-state index contributed by atoms with van der Waals surface area (Å²) < 4.78 is 5.33. The molecule has 0 spiro atoms. The summed E-state index contributed by atoms with van der Waals surface area (Å²) in [6.07, 6.45) is 3.91. The summed E-state index contributed by atoms with van der Waals surface area (Å²) in [7, 11) is 1.68. The molecule has 1 N–H and O–H groups in total. The molecular weight excluding hydrogens is 284 g/mol. The minimum absolute atomic E-state index is 0.851. The molecule has 23 heavy (non-hydrogen) atoms. The first-order valence-electron chi connectivity index (χ1n) is 7.52. The number of H-pyrrole nitrogens is 1. The number of benzene rings is 2. The van der Waals surface area contributed by atoms with E-state index in [4.69, 9.17) is 4.74 Å². The van der Waals surface area contributed by atoms with E-state index in [1.54, 1.807) is 7.11 Å². The summed E-state index contributed by atoms with van der Waals surface area (Å²) >= 11 is 0. The molecular formula is C20H16N2O. The minimum atomic E-state index is 0.851. The smallest absolute Gasteiger partial charge is 0.137 e. The van der Waals surface area contributed by atoms with Gasteiger partial charge in [0, 0.05) is 28.9 Å². The lowest BCUT2D eigenvalue weighted by molar-refractivity contribution is 0.415. The normalized spacial score (nSPS) is 10.8. The number of methoxy groups -OCH3 is 1. The van der Waals surface area contributed by atoms with Gasteiger partial charge in [0.25, 0.3) is 0 Å². The fraction of sp³-hybridized carbons (Fsp3) is 0.0500. The van der Waals surface area contributed by atoms with E-state index in [1.165, 1.54) is 5.56 Å². The Morgan fingerprint density at radius 2 is 1.70 bits per heavy atom. The van der Waals surface area contributed by atoms with Crippen LogP contribution in [0.1, 0.15) is 0 Å². The number of nitrogens with zero attached hydrogens (tertiary/aromatic N) is 1. The van der Waals surface area contributed by atoms with Gasteiger partial charge in [0.1, 0.15) is 11.4 Å². The van der Waals surface area contributed by atoms with Gasteiger partial charge in [-0.2, -0.15) is 0 Å². The Morgan fingerprint density at radius 1 is 0.870 bits per heavy atom. The van der Waals surface area contributed by atoms with Crippen LogP contribution >= 0.6 is 0 Å². The molecule has 2 aromatic carbocycles. The van der Waals surface area contributed by atoms with Gasteiger partial charge in [-0.05, 0) is 29.3 Å². The van der Waals surface area contributed by atoms with Gasteiger partial charge < -0.3 is 9.72 Å². The second-order valence-corrected chi connectivity index (χ2v) is 5.42. The molecule has 0 atom stereocenters. The van der Waals surface area contributed by atoms with Crippen LogP contribution in [0.4, 0.5) is 0 Å². The van der Waals surface area contributed by atoms with E-state index < -0.39 is 0 Å². The van der Waals surface area contributed by atoms with Crippen molar-refractivity contribution in [2.24, 2.45) is 0 Å². The molecule has 0 bridgehead atoms. The topological polar surface area (TPSA) is 37.9 Å². The zero-order valence-corrected chi connectivity index (χ0v) is 12.8. The van der Waals surface area contributed by atoms with E-state index in [2.05, 4.69) is 34.2 Å². The maximum absolute atomic E-state index is 5.33. The van der Waals surface area contributed by atoms with Crippen LogP contribution in [0.5, 0.6) is 5.75 Å². The van der Waals surface area contributed by atoms with Gasteiger partial charge in [-0.1, -0.05) is 42.5 Å². The summed E-state index contributed by atoms with van der Waals surface area (Å²) in [5.74, 6) is 0.851. The van der Waals surface area contributed by atoms with E-state index in [0.717, 1.165) is 33.5 Å². The predicted octanol–water partition coefficient (Wildman–Crippen LogP) is 4.91. The molecule has 0 saturated heterocycles. The Kier molecular flexibility index (Phi) is 3.31. The molecule has 0 radical (unpaired) electrons. The molecule has 0 fully saturated rings. The van der Waals surface area contributed by atoms with Crippen LogP contribution in [0.25, 0.3) is 33.3 Å². The average molecular weight is 300 g/mol. The molecule has 2 heterocycles. The lowest BCUT2D eigenvalue weighted by Crippen LogP contribution is -1.84. The molecule has 2 aromatic heterocycles. The van der Waals surface area contributed by atoms with Gasteiger partial charge in [0.2, 0.25) is 0 Å². The Balaban J connectivity index is 1.88. The maximum Gasteiger partial charge on any atom is 0.137 e. The van der Waals surface area contributed by atoms with Crippen LogP contribution in [0.3, 0.4) is 0 Å². The van der Waals surface area contributed by atoms with Gasteiger partial charge in [-0.15, -0.1) is 0 Å². The van der Waals surface area contributed by atoms with Crippen molar-refractivity contribution >= 4 is 11.0 Å². The van der Waals surface area contributed by atoms with Crippen molar-refractivity contribution in [3.05, 3.63) is 73.1 Å². The van der Waals surface area contributed by atoms with Gasteiger partial charge in [0.05, 0.1) is 7.11 Å². The number of fused-ring (bicyclic) bond motifs is 1. The molecule has 0 saturated carbocycles. The number of ether oxygens (including phenoxy) is 1. The van der Waals surface area contributed by atoms with Crippen LogP contribution in [0, 0.1) is 0 Å². The molecule has 3 heteroatoms. The SMILES string of the molecule is COc1cccc(-c2c[nH]c3ncc(-c4ccccc4)cc23)c1. The minimum Gasteiger partial charge on any atom is -0.497 e. The fourth-order valence-electron chi connectivity index (χ4n) is 2.82. The first kappa shape index (κ1) is 13.6. The molecule has 0 aliphatic carbocycles. The van der Waals surface area contributed by atoms with Crippen LogP contribution in [0.2, 0.25) is 0 Å². The molecule has 0 aliphatic heterocycles. The number of rotatable bonds is 3. The van der Waals surface area contributed by atoms with Crippen molar-refractivity contribution in [1.82, 2.24) is 9.97 Å². The summed E-state index contributed by atoms with van der Waals surface area (Å²) in [5, 5.41) is 1.11. The lowest BCUT2D eigenvalue weighted by atomic mass is 10.0. The van der Waals surface area contributed by atoms with E-state index >= 15 is 0 Å². The molecule has 112 valence electrons. The number of aromatic nitrogens is 2. The lowest BCUT2D eigenvalue weighted by Gasteiger charge is -2.05. The average Bonchev–Trinajstić information content (AvgIpc) is 3.05. The third-order valence-corrected chi connectivity index (χ3v) is 4.02. The van der Waals surface area contributed by atoms with E-state index in [1.807, 2.05) is 48.8 Å². The molecule has 0 aliphatic rings. The van der Waals surface area contributed by atoms with Crippen molar-refractivity contribution in [3.8, 4) is 28.0 Å². The van der Waals surface area contributed by atoms with Gasteiger partial charge in [0.15, 0.2) is 0 Å². The zero-order valence-electron chi connectivity index (χ0n) is 12.8. The highest BCUT2D eigenvalue weighted by atomic mass is 16.5. The molecule has 0 amide bonds. The van der Waals surface area contributed by atoms with Crippen LogP contribution in [-0.2, 0) is 0 Å². The quantitative estimate of drug-likeness (QED) is 0.584. The Bertz CT molecular complexity index is 958. The van der Waals surface area contributed by atoms with Gasteiger partial charge in [-0.25, -0.2) is 4.98 Å². The van der Waals surface area contributed by atoms with E-state index in [0.29, 0.717) is 0 Å². The predicted molar refractivity (Wildman–Crippen MR) is 93.5 cm³/mol. The second-order valence-electron chi connectivity index (χ2n) is 5.42.